The first-order valence-corrected chi connectivity index (χ1v) is 6.20. The summed E-state index contributed by atoms with van der Waals surface area (Å²) in [7, 11) is 0. The van der Waals surface area contributed by atoms with Gasteiger partial charge in [-0.15, -0.1) is 0 Å². The average Bonchev–Trinajstić information content (AvgIpc) is 2.85. The molecule has 1 N–H and O–H groups in total. The molecule has 0 fully saturated rings. The second-order valence-corrected chi connectivity index (χ2v) is 5.60. The van der Waals surface area contributed by atoms with Crippen LogP contribution < -0.4 is 0 Å². The summed E-state index contributed by atoms with van der Waals surface area (Å²) in [5.41, 5.74) is 1.42. The maximum Gasteiger partial charge on any atom is 0.339 e. The number of carboxylic acid groups (broad SMARTS) is 1. The second kappa shape index (κ2) is 4.00. The molecule has 5 heteroatoms. The van der Waals surface area contributed by atoms with E-state index < -0.39 is 5.97 Å². The fraction of sp³-hybridized carbons (Fsp3) is 0.333. The van der Waals surface area contributed by atoms with Gasteiger partial charge in [0.2, 0.25) is 0 Å². The van der Waals surface area contributed by atoms with E-state index in [0.29, 0.717) is 5.69 Å². The zero-order chi connectivity index (χ0) is 12.6. The molecule has 0 saturated carbocycles. The van der Waals surface area contributed by atoms with Gasteiger partial charge in [0.25, 0.3) is 0 Å². The van der Waals surface area contributed by atoms with Crippen LogP contribution in [0.3, 0.4) is 0 Å². The van der Waals surface area contributed by atoms with E-state index in [2.05, 4.69) is 5.10 Å². The lowest BCUT2D eigenvalue weighted by Crippen LogP contribution is -2.22. The molecule has 0 radical (unpaired) electrons. The molecule has 4 nitrogen and oxygen atoms in total. The molecule has 0 spiro atoms. The predicted molar refractivity (Wildman–Crippen MR) is 67.5 cm³/mol. The summed E-state index contributed by atoms with van der Waals surface area (Å²) in [6.45, 7) is 5.97. The largest absolute Gasteiger partial charge is 0.478 e. The van der Waals surface area contributed by atoms with Crippen molar-refractivity contribution < 1.29 is 9.90 Å². The summed E-state index contributed by atoms with van der Waals surface area (Å²) in [6.07, 6.45) is 1.59. The molecule has 0 aliphatic carbocycles. The number of aromatic nitrogens is 2. The minimum atomic E-state index is -0.943. The molecule has 0 unspecified atom stereocenters. The third kappa shape index (κ3) is 2.24. The van der Waals surface area contributed by atoms with Crippen LogP contribution in [0.2, 0.25) is 0 Å². The molecule has 0 aliphatic heterocycles. The van der Waals surface area contributed by atoms with Gasteiger partial charge in [-0.3, -0.25) is 4.68 Å². The van der Waals surface area contributed by atoms with Crippen molar-refractivity contribution in [1.82, 2.24) is 9.78 Å². The average molecular weight is 250 g/mol. The van der Waals surface area contributed by atoms with Crippen LogP contribution in [0, 0.1) is 0 Å². The number of carboxylic acids is 1. The molecule has 0 amide bonds. The molecule has 0 aliphatic rings. The topological polar surface area (TPSA) is 55.1 Å². The SMILES string of the molecule is CC(C)(C)n1cc(C(=O)O)c(-c2ccsc2)n1. The van der Waals surface area contributed by atoms with Crippen LogP contribution in [0.25, 0.3) is 11.3 Å². The maximum absolute atomic E-state index is 11.2. The fourth-order valence-electron chi connectivity index (χ4n) is 1.49. The summed E-state index contributed by atoms with van der Waals surface area (Å²) in [4.78, 5) is 11.2. The molecule has 2 rings (SSSR count). The van der Waals surface area contributed by atoms with Gasteiger partial charge >= 0.3 is 5.97 Å². The van der Waals surface area contributed by atoms with E-state index in [1.54, 1.807) is 10.9 Å². The molecular formula is C12H14N2O2S. The quantitative estimate of drug-likeness (QED) is 0.891. The number of rotatable bonds is 2. The number of hydrogen-bond acceptors (Lipinski definition) is 3. The fourth-order valence-corrected chi connectivity index (χ4v) is 2.13. The molecule has 90 valence electrons. The van der Waals surface area contributed by atoms with Crippen LogP contribution in [0.4, 0.5) is 0 Å². The normalized spacial score (nSPS) is 11.7. The van der Waals surface area contributed by atoms with E-state index in [9.17, 15) is 9.90 Å². The van der Waals surface area contributed by atoms with Gasteiger partial charge in [0.15, 0.2) is 0 Å². The molecule has 2 heterocycles. The van der Waals surface area contributed by atoms with Crippen LogP contribution in [0.15, 0.2) is 23.0 Å². The number of carbonyl (C=O) groups is 1. The van der Waals surface area contributed by atoms with Crippen molar-refractivity contribution in [2.75, 3.05) is 0 Å². The van der Waals surface area contributed by atoms with Crippen molar-refractivity contribution in [2.45, 2.75) is 26.3 Å². The van der Waals surface area contributed by atoms with Gasteiger partial charge in [0.1, 0.15) is 11.3 Å². The van der Waals surface area contributed by atoms with Crippen molar-refractivity contribution in [1.29, 1.82) is 0 Å². The van der Waals surface area contributed by atoms with Gasteiger partial charge in [0.05, 0.1) is 5.54 Å². The van der Waals surface area contributed by atoms with E-state index in [4.69, 9.17) is 0 Å². The summed E-state index contributed by atoms with van der Waals surface area (Å²) in [5.74, 6) is -0.943. The lowest BCUT2D eigenvalue weighted by molar-refractivity contribution is 0.0697. The molecular weight excluding hydrogens is 236 g/mol. The van der Waals surface area contributed by atoms with Crippen molar-refractivity contribution in [3.8, 4) is 11.3 Å². The van der Waals surface area contributed by atoms with Crippen LogP contribution in [0.5, 0.6) is 0 Å². The number of thiophene rings is 1. The molecule has 17 heavy (non-hydrogen) atoms. The van der Waals surface area contributed by atoms with Crippen molar-refractivity contribution in [3.63, 3.8) is 0 Å². The van der Waals surface area contributed by atoms with Crippen LogP contribution in [-0.2, 0) is 5.54 Å². The Bertz CT molecular complexity index is 535. The van der Waals surface area contributed by atoms with E-state index in [1.807, 2.05) is 37.6 Å². The maximum atomic E-state index is 11.2. The van der Waals surface area contributed by atoms with Crippen LogP contribution in [0.1, 0.15) is 31.1 Å². The van der Waals surface area contributed by atoms with E-state index in [-0.39, 0.29) is 11.1 Å². The monoisotopic (exact) mass is 250 g/mol. The molecule has 0 saturated heterocycles. The highest BCUT2D eigenvalue weighted by atomic mass is 32.1. The smallest absolute Gasteiger partial charge is 0.339 e. The number of hydrogen-bond donors (Lipinski definition) is 1. The summed E-state index contributed by atoms with van der Waals surface area (Å²) >= 11 is 1.53. The second-order valence-electron chi connectivity index (χ2n) is 4.82. The molecule has 0 aromatic carbocycles. The van der Waals surface area contributed by atoms with Crippen LogP contribution in [-0.4, -0.2) is 20.9 Å². The van der Waals surface area contributed by atoms with Gasteiger partial charge in [-0.1, -0.05) is 0 Å². The Labute approximate surface area is 104 Å². The summed E-state index contributed by atoms with van der Waals surface area (Å²) in [6, 6.07) is 1.88. The summed E-state index contributed by atoms with van der Waals surface area (Å²) < 4.78 is 1.70. The first-order valence-electron chi connectivity index (χ1n) is 5.25. The zero-order valence-corrected chi connectivity index (χ0v) is 10.8. The van der Waals surface area contributed by atoms with Gasteiger partial charge in [0, 0.05) is 17.1 Å². The summed E-state index contributed by atoms with van der Waals surface area (Å²) in [5, 5.41) is 17.4. The van der Waals surface area contributed by atoms with Gasteiger partial charge < -0.3 is 5.11 Å². The molecule has 0 atom stereocenters. The van der Waals surface area contributed by atoms with Crippen molar-refractivity contribution in [3.05, 3.63) is 28.6 Å². The molecule has 0 bridgehead atoms. The Morgan fingerprint density at radius 2 is 2.18 bits per heavy atom. The predicted octanol–water partition coefficient (Wildman–Crippen LogP) is 3.06. The molecule has 2 aromatic rings. The van der Waals surface area contributed by atoms with Gasteiger partial charge in [-0.25, -0.2) is 4.79 Å². The highest BCUT2D eigenvalue weighted by Gasteiger charge is 2.22. The van der Waals surface area contributed by atoms with E-state index in [0.717, 1.165) is 5.56 Å². The first-order chi connectivity index (χ1) is 7.89. The highest BCUT2D eigenvalue weighted by Crippen LogP contribution is 2.26. The first kappa shape index (κ1) is 11.9. The van der Waals surface area contributed by atoms with Crippen molar-refractivity contribution >= 4 is 17.3 Å². The lowest BCUT2D eigenvalue weighted by atomic mass is 10.1. The zero-order valence-electron chi connectivity index (χ0n) is 9.97. The Balaban J connectivity index is 2.58. The number of aromatic carboxylic acids is 1. The van der Waals surface area contributed by atoms with Crippen molar-refractivity contribution in [2.24, 2.45) is 0 Å². The van der Waals surface area contributed by atoms with Gasteiger partial charge in [-0.05, 0) is 32.2 Å². The third-order valence-electron chi connectivity index (χ3n) is 2.43. The van der Waals surface area contributed by atoms with Gasteiger partial charge in [-0.2, -0.15) is 16.4 Å². The highest BCUT2D eigenvalue weighted by molar-refractivity contribution is 7.08. The Hall–Kier alpha value is -1.62. The Morgan fingerprint density at radius 3 is 2.65 bits per heavy atom. The molecule has 2 aromatic heterocycles. The van der Waals surface area contributed by atoms with Crippen LogP contribution >= 0.6 is 11.3 Å². The number of nitrogens with zero attached hydrogens (tertiary/aromatic N) is 2. The lowest BCUT2D eigenvalue weighted by Gasteiger charge is -2.18. The Morgan fingerprint density at radius 1 is 1.47 bits per heavy atom. The minimum absolute atomic E-state index is 0.224. The van der Waals surface area contributed by atoms with E-state index >= 15 is 0 Å². The van der Waals surface area contributed by atoms with E-state index in [1.165, 1.54) is 11.3 Å². The Kier molecular flexibility index (Phi) is 2.79. The standard InChI is InChI=1S/C12H14N2O2S/c1-12(2,3)14-6-9(11(15)16)10(13-14)8-4-5-17-7-8/h4-7H,1-3H3,(H,15,16). The third-order valence-corrected chi connectivity index (χ3v) is 3.11. The minimum Gasteiger partial charge on any atom is -0.478 e.